The molecule has 104 valence electrons. The van der Waals surface area contributed by atoms with Crippen molar-refractivity contribution in [2.24, 2.45) is 5.73 Å². The number of carbonyl (C=O) groups excluding carboxylic acids is 1. The summed E-state index contributed by atoms with van der Waals surface area (Å²) in [6.45, 7) is 3.01. The highest BCUT2D eigenvalue weighted by molar-refractivity contribution is 5.76. The van der Waals surface area contributed by atoms with E-state index in [0.29, 0.717) is 12.5 Å². The zero-order valence-corrected chi connectivity index (χ0v) is 11.4. The molecule has 1 aliphatic heterocycles. The van der Waals surface area contributed by atoms with E-state index in [2.05, 4.69) is 10.2 Å². The van der Waals surface area contributed by atoms with Gasteiger partial charge in [0.05, 0.1) is 0 Å². The third kappa shape index (κ3) is 4.58. The molecule has 0 spiro atoms. The average Bonchev–Trinajstić information content (AvgIpc) is 3.11. The van der Waals surface area contributed by atoms with Gasteiger partial charge in [-0.1, -0.05) is 12.8 Å². The summed E-state index contributed by atoms with van der Waals surface area (Å²) >= 11 is 0. The predicted octanol–water partition coefficient (Wildman–Crippen LogP) is 1.25. The topological polar surface area (TPSA) is 58.4 Å². The second-order valence-electron chi connectivity index (χ2n) is 5.73. The van der Waals surface area contributed by atoms with Crippen molar-refractivity contribution < 1.29 is 4.79 Å². The number of nitrogens with two attached hydrogens (primary N) is 1. The predicted molar refractivity (Wildman–Crippen MR) is 73.3 cm³/mol. The van der Waals surface area contributed by atoms with Crippen LogP contribution in [0.4, 0.5) is 0 Å². The molecular weight excluding hydrogens is 226 g/mol. The van der Waals surface area contributed by atoms with Crippen molar-refractivity contribution in [2.75, 3.05) is 19.6 Å². The van der Waals surface area contributed by atoms with Crippen LogP contribution in [0.25, 0.3) is 0 Å². The van der Waals surface area contributed by atoms with E-state index in [9.17, 15) is 4.79 Å². The molecule has 1 atom stereocenters. The monoisotopic (exact) mass is 253 g/mol. The molecule has 1 saturated heterocycles. The Morgan fingerprint density at radius 1 is 1.17 bits per heavy atom. The summed E-state index contributed by atoms with van der Waals surface area (Å²) in [5, 5.41) is 3.18. The van der Waals surface area contributed by atoms with E-state index in [-0.39, 0.29) is 5.91 Å². The summed E-state index contributed by atoms with van der Waals surface area (Å²) < 4.78 is 0. The van der Waals surface area contributed by atoms with Gasteiger partial charge in [0.25, 0.3) is 0 Å². The van der Waals surface area contributed by atoms with Crippen molar-refractivity contribution in [3.8, 4) is 0 Å². The molecule has 2 rings (SSSR count). The Kier molecular flexibility index (Phi) is 5.45. The molecule has 0 aromatic carbocycles. The van der Waals surface area contributed by atoms with E-state index in [1.807, 2.05) is 0 Å². The van der Waals surface area contributed by atoms with E-state index < -0.39 is 0 Å². The fraction of sp³-hybridized carbons (Fsp3) is 0.929. The molecule has 18 heavy (non-hydrogen) atoms. The first-order chi connectivity index (χ1) is 8.79. The van der Waals surface area contributed by atoms with Gasteiger partial charge >= 0.3 is 0 Å². The molecule has 2 fully saturated rings. The summed E-state index contributed by atoms with van der Waals surface area (Å²) in [7, 11) is 0. The molecule has 1 aliphatic carbocycles. The molecule has 0 aromatic rings. The first-order valence-corrected chi connectivity index (χ1v) is 7.53. The zero-order valence-electron chi connectivity index (χ0n) is 11.4. The van der Waals surface area contributed by atoms with Crippen LogP contribution in [0.1, 0.15) is 51.4 Å². The Balaban J connectivity index is 1.51. The lowest BCUT2D eigenvalue weighted by atomic mass is 10.1. The van der Waals surface area contributed by atoms with Gasteiger partial charge in [0.15, 0.2) is 0 Å². The van der Waals surface area contributed by atoms with Gasteiger partial charge in [-0.3, -0.25) is 9.69 Å². The van der Waals surface area contributed by atoms with Crippen LogP contribution in [-0.4, -0.2) is 42.5 Å². The quantitative estimate of drug-likeness (QED) is 0.640. The normalized spacial score (nSPS) is 24.4. The maximum Gasteiger partial charge on any atom is 0.220 e. The van der Waals surface area contributed by atoms with Gasteiger partial charge in [-0.2, -0.15) is 0 Å². The van der Waals surface area contributed by atoms with Gasteiger partial charge in [-0.25, -0.2) is 0 Å². The number of hydrogen-bond acceptors (Lipinski definition) is 3. The van der Waals surface area contributed by atoms with Gasteiger partial charge in [-0.15, -0.1) is 0 Å². The molecule has 0 aromatic heterocycles. The van der Waals surface area contributed by atoms with Gasteiger partial charge in [0, 0.05) is 31.6 Å². The Morgan fingerprint density at radius 3 is 2.67 bits per heavy atom. The highest BCUT2D eigenvalue weighted by Gasteiger charge is 2.34. The van der Waals surface area contributed by atoms with Crippen molar-refractivity contribution in [1.29, 1.82) is 0 Å². The van der Waals surface area contributed by atoms with Crippen molar-refractivity contribution in [2.45, 2.75) is 63.5 Å². The minimum atomic E-state index is 0.241. The van der Waals surface area contributed by atoms with Gasteiger partial charge in [0.2, 0.25) is 5.91 Å². The van der Waals surface area contributed by atoms with Crippen molar-refractivity contribution in [3.63, 3.8) is 0 Å². The molecule has 2 aliphatic rings. The van der Waals surface area contributed by atoms with Crippen LogP contribution < -0.4 is 11.1 Å². The van der Waals surface area contributed by atoms with Crippen LogP contribution in [0.5, 0.6) is 0 Å². The Bertz CT molecular complexity index is 266. The molecule has 0 bridgehead atoms. The lowest BCUT2D eigenvalue weighted by molar-refractivity contribution is -0.121. The van der Waals surface area contributed by atoms with E-state index in [1.165, 1.54) is 19.4 Å². The molecule has 4 nitrogen and oxygen atoms in total. The third-order valence-electron chi connectivity index (χ3n) is 4.01. The van der Waals surface area contributed by atoms with Crippen LogP contribution in [0, 0.1) is 0 Å². The average molecular weight is 253 g/mol. The van der Waals surface area contributed by atoms with Gasteiger partial charge in [0.1, 0.15) is 0 Å². The highest BCUT2D eigenvalue weighted by atomic mass is 16.1. The van der Waals surface area contributed by atoms with Crippen LogP contribution in [0.2, 0.25) is 0 Å². The Morgan fingerprint density at radius 2 is 1.94 bits per heavy atom. The molecular formula is C14H27N3O. The number of nitrogens with zero attached hydrogens (tertiary/aromatic N) is 1. The maximum absolute atomic E-state index is 11.8. The Labute approximate surface area is 110 Å². The molecule has 1 unspecified atom stereocenters. The maximum atomic E-state index is 11.8. The number of carbonyl (C=O) groups is 1. The van der Waals surface area contributed by atoms with E-state index in [4.69, 9.17) is 5.73 Å². The fourth-order valence-electron chi connectivity index (χ4n) is 2.76. The number of amides is 1. The first kappa shape index (κ1) is 13.8. The lowest BCUT2D eigenvalue weighted by Gasteiger charge is -2.15. The molecule has 1 heterocycles. The second-order valence-corrected chi connectivity index (χ2v) is 5.73. The number of likely N-dealkylation sites (tertiary alicyclic amines) is 1. The second kappa shape index (κ2) is 7.10. The number of nitrogens with one attached hydrogen (secondary N) is 1. The lowest BCUT2D eigenvalue weighted by Crippen LogP contribution is -2.37. The van der Waals surface area contributed by atoms with Crippen molar-refractivity contribution in [3.05, 3.63) is 0 Å². The fourth-order valence-corrected chi connectivity index (χ4v) is 2.76. The number of rotatable bonds is 8. The summed E-state index contributed by atoms with van der Waals surface area (Å²) in [6, 6.07) is 1.24. The number of hydrogen-bond donors (Lipinski definition) is 2. The zero-order chi connectivity index (χ0) is 12.8. The first-order valence-electron chi connectivity index (χ1n) is 7.53. The molecule has 3 N–H and O–H groups in total. The third-order valence-corrected chi connectivity index (χ3v) is 4.01. The number of unbranched alkanes of at least 4 members (excludes halogenated alkanes) is 3. The van der Waals surface area contributed by atoms with E-state index in [0.717, 1.165) is 51.2 Å². The van der Waals surface area contributed by atoms with E-state index >= 15 is 0 Å². The minimum Gasteiger partial charge on any atom is -0.352 e. The van der Waals surface area contributed by atoms with E-state index in [1.54, 1.807) is 0 Å². The highest BCUT2D eigenvalue weighted by Crippen LogP contribution is 2.29. The summed E-state index contributed by atoms with van der Waals surface area (Å²) in [5.74, 6) is 0.241. The molecule has 4 heteroatoms. The van der Waals surface area contributed by atoms with Gasteiger partial charge < -0.3 is 11.1 Å². The molecule has 0 radical (unpaired) electrons. The van der Waals surface area contributed by atoms with Crippen LogP contribution in [-0.2, 0) is 4.79 Å². The molecule has 1 amide bonds. The van der Waals surface area contributed by atoms with Gasteiger partial charge in [-0.05, 0) is 38.6 Å². The largest absolute Gasteiger partial charge is 0.352 e. The minimum absolute atomic E-state index is 0.241. The smallest absolute Gasteiger partial charge is 0.220 e. The SMILES string of the molecule is NCCCCCCC(=O)NC1CCN(C2CC2)C1. The molecule has 1 saturated carbocycles. The van der Waals surface area contributed by atoms with Crippen LogP contribution in [0.15, 0.2) is 0 Å². The van der Waals surface area contributed by atoms with Crippen molar-refractivity contribution >= 4 is 5.91 Å². The van der Waals surface area contributed by atoms with Crippen molar-refractivity contribution in [1.82, 2.24) is 10.2 Å². The standard InChI is InChI=1S/C14H27N3O/c15-9-4-2-1-3-5-14(18)16-12-8-10-17(11-12)13-6-7-13/h12-13H,1-11,15H2,(H,16,18). The summed E-state index contributed by atoms with van der Waals surface area (Å²) in [4.78, 5) is 14.3. The summed E-state index contributed by atoms with van der Waals surface area (Å²) in [6.07, 6.45) is 8.92. The van der Waals surface area contributed by atoms with Crippen LogP contribution >= 0.6 is 0 Å². The van der Waals surface area contributed by atoms with Crippen LogP contribution in [0.3, 0.4) is 0 Å². The Hall–Kier alpha value is -0.610. The summed E-state index contributed by atoms with van der Waals surface area (Å²) in [5.41, 5.74) is 5.44.